The second kappa shape index (κ2) is 11.0. The van der Waals surface area contributed by atoms with Crippen LogP contribution in [0.1, 0.15) is 12.0 Å². The molecule has 162 valence electrons. The Labute approximate surface area is 188 Å². The molecule has 0 fully saturated rings. The summed E-state index contributed by atoms with van der Waals surface area (Å²) >= 11 is 1.73. The minimum Gasteiger partial charge on any atom is -0.354 e. The lowest BCUT2D eigenvalue weighted by molar-refractivity contribution is -0.119. The number of sulfonamides is 1. The van der Waals surface area contributed by atoms with E-state index in [9.17, 15) is 13.2 Å². The number of hydrogen-bond acceptors (Lipinski definition) is 4. The molecule has 0 aromatic heterocycles. The largest absolute Gasteiger partial charge is 0.354 e. The van der Waals surface area contributed by atoms with Crippen LogP contribution in [0.15, 0.2) is 94.7 Å². The Bertz CT molecular complexity index is 1090. The zero-order chi connectivity index (χ0) is 22.1. The Kier molecular flexibility index (Phi) is 8.14. The maximum atomic E-state index is 13.3. The first kappa shape index (κ1) is 22.9. The number of thioether (sulfide) groups is 1. The Balaban J connectivity index is 1.64. The molecule has 0 atom stereocenters. The van der Waals surface area contributed by atoms with Gasteiger partial charge in [-0.25, -0.2) is 8.42 Å². The molecule has 0 unspecified atom stereocenters. The molecule has 3 aromatic rings. The standard InChI is InChI=1S/C24H26N2O3S2/c1-20-10-8-11-21(18-20)26(31(28,29)23-14-6-3-7-15-23)19-24(27)25-16-9-17-30-22-12-4-2-5-13-22/h2-8,10-15,18H,9,16-17,19H2,1H3,(H,25,27). The topological polar surface area (TPSA) is 66.5 Å². The van der Waals surface area contributed by atoms with Crippen molar-refractivity contribution in [2.45, 2.75) is 23.1 Å². The summed E-state index contributed by atoms with van der Waals surface area (Å²) < 4.78 is 27.7. The number of anilines is 1. The molecule has 3 aromatic carbocycles. The molecule has 5 nitrogen and oxygen atoms in total. The van der Waals surface area contributed by atoms with Gasteiger partial charge in [0.2, 0.25) is 5.91 Å². The van der Waals surface area contributed by atoms with Gasteiger partial charge in [0, 0.05) is 11.4 Å². The third kappa shape index (κ3) is 6.60. The van der Waals surface area contributed by atoms with Crippen molar-refractivity contribution in [3.63, 3.8) is 0 Å². The summed E-state index contributed by atoms with van der Waals surface area (Å²) in [4.78, 5) is 13.9. The fourth-order valence-electron chi connectivity index (χ4n) is 3.01. The van der Waals surface area contributed by atoms with Crippen molar-refractivity contribution >= 4 is 33.4 Å². The number of amides is 1. The van der Waals surface area contributed by atoms with Crippen LogP contribution >= 0.6 is 11.8 Å². The summed E-state index contributed by atoms with van der Waals surface area (Å²) in [6, 6.07) is 25.4. The summed E-state index contributed by atoms with van der Waals surface area (Å²) in [5.41, 5.74) is 1.39. The summed E-state index contributed by atoms with van der Waals surface area (Å²) in [6.45, 7) is 2.11. The first-order valence-electron chi connectivity index (χ1n) is 10.1. The molecule has 0 aliphatic rings. The maximum Gasteiger partial charge on any atom is 0.264 e. The van der Waals surface area contributed by atoms with Crippen LogP contribution in [-0.4, -0.2) is 33.2 Å². The van der Waals surface area contributed by atoms with E-state index >= 15 is 0 Å². The lowest BCUT2D eigenvalue weighted by atomic mass is 10.2. The number of carbonyl (C=O) groups is 1. The normalized spacial score (nSPS) is 11.1. The van der Waals surface area contributed by atoms with Gasteiger partial charge in [-0.3, -0.25) is 9.10 Å². The third-order valence-corrected chi connectivity index (χ3v) is 7.45. The summed E-state index contributed by atoms with van der Waals surface area (Å²) in [5.74, 6) is 0.541. The molecular formula is C24H26N2O3S2. The predicted octanol–water partition coefficient (Wildman–Crippen LogP) is 4.49. The fraction of sp³-hybridized carbons (Fsp3) is 0.208. The second-order valence-electron chi connectivity index (χ2n) is 7.03. The van der Waals surface area contributed by atoms with E-state index in [2.05, 4.69) is 17.4 Å². The third-order valence-electron chi connectivity index (χ3n) is 4.56. The highest BCUT2D eigenvalue weighted by atomic mass is 32.2. The molecule has 0 saturated heterocycles. The van der Waals surface area contributed by atoms with Crippen LogP contribution in [0, 0.1) is 6.92 Å². The maximum absolute atomic E-state index is 13.3. The molecule has 0 bridgehead atoms. The lowest BCUT2D eigenvalue weighted by Crippen LogP contribution is -2.41. The van der Waals surface area contributed by atoms with Gasteiger partial charge in [-0.1, -0.05) is 48.5 Å². The minimum atomic E-state index is -3.87. The van der Waals surface area contributed by atoms with Gasteiger partial charge in [-0.15, -0.1) is 11.8 Å². The Morgan fingerprint density at radius 3 is 2.29 bits per heavy atom. The predicted molar refractivity (Wildman–Crippen MR) is 127 cm³/mol. The number of nitrogens with zero attached hydrogens (tertiary/aromatic N) is 1. The van der Waals surface area contributed by atoms with E-state index in [4.69, 9.17) is 0 Å². The molecular weight excluding hydrogens is 428 g/mol. The van der Waals surface area contributed by atoms with Crippen LogP contribution in [0.5, 0.6) is 0 Å². The molecule has 0 radical (unpaired) electrons. The van der Waals surface area contributed by atoms with Gasteiger partial charge in [0.25, 0.3) is 10.0 Å². The molecule has 0 aliphatic carbocycles. The van der Waals surface area contributed by atoms with Crippen LogP contribution in [0.4, 0.5) is 5.69 Å². The Morgan fingerprint density at radius 2 is 1.61 bits per heavy atom. The molecule has 0 heterocycles. The first-order valence-corrected chi connectivity index (χ1v) is 12.5. The smallest absolute Gasteiger partial charge is 0.264 e. The van der Waals surface area contributed by atoms with Gasteiger partial charge in [0.1, 0.15) is 6.54 Å². The van der Waals surface area contributed by atoms with Crippen molar-refractivity contribution < 1.29 is 13.2 Å². The number of hydrogen-bond donors (Lipinski definition) is 1. The second-order valence-corrected chi connectivity index (χ2v) is 10.1. The molecule has 1 N–H and O–H groups in total. The average Bonchev–Trinajstić information content (AvgIpc) is 2.78. The molecule has 0 spiro atoms. The van der Waals surface area contributed by atoms with Crippen molar-refractivity contribution in [2.24, 2.45) is 0 Å². The first-order chi connectivity index (χ1) is 15.0. The van der Waals surface area contributed by atoms with Gasteiger partial charge in [0.15, 0.2) is 0 Å². The highest BCUT2D eigenvalue weighted by molar-refractivity contribution is 7.99. The van der Waals surface area contributed by atoms with Gasteiger partial charge < -0.3 is 5.32 Å². The van der Waals surface area contributed by atoms with E-state index in [0.29, 0.717) is 12.2 Å². The molecule has 3 rings (SSSR count). The Morgan fingerprint density at radius 1 is 0.935 bits per heavy atom. The number of nitrogens with one attached hydrogen (secondary N) is 1. The highest BCUT2D eigenvalue weighted by Crippen LogP contribution is 2.24. The van der Waals surface area contributed by atoms with E-state index in [1.807, 2.05) is 31.2 Å². The van der Waals surface area contributed by atoms with Gasteiger partial charge >= 0.3 is 0 Å². The quantitative estimate of drug-likeness (QED) is 0.362. The fourth-order valence-corrected chi connectivity index (χ4v) is 5.32. The van der Waals surface area contributed by atoms with Gasteiger partial charge in [-0.2, -0.15) is 0 Å². The molecule has 0 aliphatic heterocycles. The van der Waals surface area contributed by atoms with Gasteiger partial charge in [-0.05, 0) is 61.1 Å². The average molecular weight is 455 g/mol. The van der Waals surface area contributed by atoms with E-state index in [1.54, 1.807) is 48.2 Å². The summed E-state index contributed by atoms with van der Waals surface area (Å²) in [6.07, 6.45) is 0.793. The van der Waals surface area contributed by atoms with E-state index in [1.165, 1.54) is 21.3 Å². The Hall–Kier alpha value is -2.77. The zero-order valence-electron chi connectivity index (χ0n) is 17.4. The molecule has 7 heteroatoms. The number of benzene rings is 3. The van der Waals surface area contributed by atoms with Crippen LogP contribution in [0.2, 0.25) is 0 Å². The van der Waals surface area contributed by atoms with E-state index in [0.717, 1.165) is 17.7 Å². The van der Waals surface area contributed by atoms with Crippen LogP contribution in [0.3, 0.4) is 0 Å². The van der Waals surface area contributed by atoms with Crippen molar-refractivity contribution in [3.05, 3.63) is 90.5 Å². The van der Waals surface area contributed by atoms with Crippen molar-refractivity contribution in [2.75, 3.05) is 23.1 Å². The van der Waals surface area contributed by atoms with Crippen molar-refractivity contribution in [3.8, 4) is 0 Å². The van der Waals surface area contributed by atoms with E-state index in [-0.39, 0.29) is 17.3 Å². The number of aryl methyl sites for hydroxylation is 1. The summed E-state index contributed by atoms with van der Waals surface area (Å²) in [7, 11) is -3.87. The van der Waals surface area contributed by atoms with Crippen molar-refractivity contribution in [1.29, 1.82) is 0 Å². The zero-order valence-corrected chi connectivity index (χ0v) is 19.0. The molecule has 31 heavy (non-hydrogen) atoms. The van der Waals surface area contributed by atoms with Crippen LogP contribution < -0.4 is 9.62 Å². The summed E-state index contributed by atoms with van der Waals surface area (Å²) in [5, 5.41) is 2.85. The van der Waals surface area contributed by atoms with Crippen LogP contribution in [0.25, 0.3) is 0 Å². The number of carbonyl (C=O) groups excluding carboxylic acids is 1. The lowest BCUT2D eigenvalue weighted by Gasteiger charge is -2.24. The minimum absolute atomic E-state index is 0.156. The highest BCUT2D eigenvalue weighted by Gasteiger charge is 2.27. The number of rotatable bonds is 10. The van der Waals surface area contributed by atoms with Gasteiger partial charge in [0.05, 0.1) is 10.6 Å². The SMILES string of the molecule is Cc1cccc(N(CC(=O)NCCCSc2ccccc2)S(=O)(=O)c2ccccc2)c1. The van der Waals surface area contributed by atoms with Crippen molar-refractivity contribution in [1.82, 2.24) is 5.32 Å². The molecule has 1 amide bonds. The van der Waals surface area contributed by atoms with E-state index < -0.39 is 10.0 Å². The monoisotopic (exact) mass is 454 g/mol. The van der Waals surface area contributed by atoms with Crippen LogP contribution in [-0.2, 0) is 14.8 Å². The molecule has 0 saturated carbocycles.